The molecule has 16 heavy (non-hydrogen) atoms. The van der Waals surface area contributed by atoms with Crippen LogP contribution in [0.15, 0.2) is 6.07 Å². The molecule has 0 amide bonds. The Morgan fingerprint density at radius 3 is 2.50 bits per heavy atom. The lowest BCUT2D eigenvalue weighted by Crippen LogP contribution is -2.01. The maximum atomic E-state index is 13.2. The van der Waals surface area contributed by atoms with E-state index in [-0.39, 0.29) is 0 Å². The third-order valence-electron chi connectivity index (χ3n) is 1.76. The second kappa shape index (κ2) is 4.42. The normalized spacial score (nSPS) is 11.5. The minimum atomic E-state index is -4.01. The summed E-state index contributed by atoms with van der Waals surface area (Å²) in [6.07, 6.45) is 0. The molecule has 0 aliphatic carbocycles. The zero-order chi connectivity index (χ0) is 12.5. The van der Waals surface area contributed by atoms with E-state index in [1.165, 1.54) is 0 Å². The molecule has 0 aliphatic rings. The summed E-state index contributed by atoms with van der Waals surface area (Å²) in [4.78, 5) is 0. The number of aromatic hydroxyl groups is 1. The molecular formula is C8H7ClF2O4S. The summed E-state index contributed by atoms with van der Waals surface area (Å²) in [6, 6.07) is 0.650. The Bertz CT molecular complexity index is 515. The summed E-state index contributed by atoms with van der Waals surface area (Å²) < 4.78 is 52.2. The Hall–Kier alpha value is -1.08. The molecule has 0 atom stereocenters. The fourth-order valence-electron chi connectivity index (χ4n) is 1.12. The molecule has 0 radical (unpaired) electrons. The Balaban J connectivity index is 3.34. The molecule has 0 heterocycles. The molecule has 1 aromatic rings. The Morgan fingerprint density at radius 1 is 1.50 bits per heavy atom. The number of phenols is 1. The van der Waals surface area contributed by atoms with E-state index in [9.17, 15) is 22.3 Å². The van der Waals surface area contributed by atoms with Gasteiger partial charge in [0.2, 0.25) is 14.9 Å². The molecule has 4 nitrogen and oxygen atoms in total. The van der Waals surface area contributed by atoms with Crippen molar-refractivity contribution in [3.63, 3.8) is 0 Å². The molecule has 8 heteroatoms. The average Bonchev–Trinajstić information content (AvgIpc) is 2.12. The summed E-state index contributed by atoms with van der Waals surface area (Å²) in [5.41, 5.74) is -0.467. The summed E-state index contributed by atoms with van der Waals surface area (Å²) in [5, 5.41) is 9.25. The van der Waals surface area contributed by atoms with Gasteiger partial charge < -0.3 is 9.84 Å². The molecule has 0 unspecified atom stereocenters. The van der Waals surface area contributed by atoms with Crippen LogP contribution in [0.1, 0.15) is 5.56 Å². The van der Waals surface area contributed by atoms with E-state index in [0.717, 1.165) is 7.11 Å². The van der Waals surface area contributed by atoms with Gasteiger partial charge in [-0.05, 0) is 6.07 Å². The van der Waals surface area contributed by atoms with Gasteiger partial charge in [0.15, 0.2) is 17.3 Å². The first kappa shape index (κ1) is 13.0. The van der Waals surface area contributed by atoms with Gasteiger partial charge in [-0.2, -0.15) is 4.39 Å². The second-order valence-electron chi connectivity index (χ2n) is 2.90. The zero-order valence-electron chi connectivity index (χ0n) is 8.00. The van der Waals surface area contributed by atoms with Gasteiger partial charge in [-0.3, -0.25) is 0 Å². The maximum absolute atomic E-state index is 13.2. The molecule has 0 bridgehead atoms. The van der Waals surface area contributed by atoms with Crippen molar-refractivity contribution in [1.29, 1.82) is 0 Å². The van der Waals surface area contributed by atoms with Crippen molar-refractivity contribution in [3.05, 3.63) is 23.3 Å². The topological polar surface area (TPSA) is 63.6 Å². The van der Waals surface area contributed by atoms with Crippen molar-refractivity contribution in [1.82, 2.24) is 0 Å². The Morgan fingerprint density at radius 2 is 2.06 bits per heavy atom. The summed E-state index contributed by atoms with van der Waals surface area (Å²) in [7, 11) is 1.90. The number of benzene rings is 1. The highest BCUT2D eigenvalue weighted by Gasteiger charge is 2.21. The Labute approximate surface area is 94.8 Å². The van der Waals surface area contributed by atoms with Crippen molar-refractivity contribution in [3.8, 4) is 11.5 Å². The van der Waals surface area contributed by atoms with Crippen LogP contribution in [0.2, 0.25) is 0 Å². The van der Waals surface area contributed by atoms with Gasteiger partial charge in [-0.1, -0.05) is 0 Å². The van der Waals surface area contributed by atoms with Gasteiger partial charge in [-0.25, -0.2) is 12.8 Å². The summed E-state index contributed by atoms with van der Waals surface area (Å²) in [5.74, 6) is -5.14. The van der Waals surface area contributed by atoms with Gasteiger partial charge in [-0.15, -0.1) is 0 Å². The summed E-state index contributed by atoms with van der Waals surface area (Å²) in [6.45, 7) is 0. The first-order chi connectivity index (χ1) is 7.26. The average molecular weight is 273 g/mol. The number of halogens is 3. The zero-order valence-corrected chi connectivity index (χ0v) is 9.57. The maximum Gasteiger partial charge on any atom is 0.236 e. The number of phenolic OH excluding ortho intramolecular Hbond substituents is 1. The van der Waals surface area contributed by atoms with Gasteiger partial charge >= 0.3 is 0 Å². The molecule has 0 spiro atoms. The minimum absolute atomic E-state index is 0.467. The predicted molar refractivity (Wildman–Crippen MR) is 53.1 cm³/mol. The first-order valence-electron chi connectivity index (χ1n) is 3.92. The van der Waals surface area contributed by atoms with E-state index in [0.29, 0.717) is 6.07 Å². The van der Waals surface area contributed by atoms with Crippen LogP contribution in [0.3, 0.4) is 0 Å². The van der Waals surface area contributed by atoms with Crippen LogP contribution in [-0.2, 0) is 14.8 Å². The standard InChI is InChI=1S/C8H7ClF2O4S/c1-15-8-5(10)2-4(3-16(9,13)14)7(12)6(8)11/h2,12H,3H2,1H3. The van der Waals surface area contributed by atoms with Crippen LogP contribution >= 0.6 is 10.7 Å². The SMILES string of the molecule is COc1c(F)cc(CS(=O)(=O)Cl)c(O)c1F. The Kier molecular flexibility index (Phi) is 3.59. The molecule has 0 fully saturated rings. The van der Waals surface area contributed by atoms with Gasteiger partial charge in [0.25, 0.3) is 0 Å². The first-order valence-corrected chi connectivity index (χ1v) is 6.40. The van der Waals surface area contributed by atoms with E-state index >= 15 is 0 Å². The van der Waals surface area contributed by atoms with Crippen molar-refractivity contribution in [2.45, 2.75) is 5.75 Å². The molecule has 1 N–H and O–H groups in total. The fourth-order valence-corrected chi connectivity index (χ4v) is 2.07. The predicted octanol–water partition coefficient (Wildman–Crippen LogP) is 1.75. The second-order valence-corrected chi connectivity index (χ2v) is 5.67. The quantitative estimate of drug-likeness (QED) is 0.852. The smallest absolute Gasteiger partial charge is 0.236 e. The lowest BCUT2D eigenvalue weighted by atomic mass is 10.2. The minimum Gasteiger partial charge on any atom is -0.505 e. The molecular weight excluding hydrogens is 266 g/mol. The van der Waals surface area contributed by atoms with Gasteiger partial charge in [0.05, 0.1) is 12.9 Å². The third kappa shape index (κ3) is 2.73. The molecule has 90 valence electrons. The number of hydrogen-bond acceptors (Lipinski definition) is 4. The van der Waals surface area contributed by atoms with Crippen molar-refractivity contribution in [2.24, 2.45) is 0 Å². The number of methoxy groups -OCH3 is 1. The lowest BCUT2D eigenvalue weighted by molar-refractivity contribution is 0.340. The fraction of sp³-hybridized carbons (Fsp3) is 0.250. The molecule has 1 rings (SSSR count). The highest BCUT2D eigenvalue weighted by atomic mass is 35.7. The van der Waals surface area contributed by atoms with Crippen LogP contribution in [0.5, 0.6) is 11.5 Å². The van der Waals surface area contributed by atoms with Crippen LogP contribution < -0.4 is 4.74 Å². The van der Waals surface area contributed by atoms with Gasteiger partial charge in [0.1, 0.15) is 0 Å². The van der Waals surface area contributed by atoms with E-state index in [1.807, 2.05) is 0 Å². The van der Waals surface area contributed by atoms with Crippen molar-refractivity contribution >= 4 is 19.7 Å². The van der Waals surface area contributed by atoms with E-state index in [4.69, 9.17) is 10.7 Å². The monoisotopic (exact) mass is 272 g/mol. The highest BCUT2D eigenvalue weighted by molar-refractivity contribution is 8.13. The molecule has 0 saturated carbocycles. The highest BCUT2D eigenvalue weighted by Crippen LogP contribution is 2.33. The number of ether oxygens (including phenoxy) is 1. The van der Waals surface area contributed by atoms with Crippen LogP contribution in [0.4, 0.5) is 8.78 Å². The largest absolute Gasteiger partial charge is 0.505 e. The van der Waals surface area contributed by atoms with E-state index in [1.54, 1.807) is 0 Å². The third-order valence-corrected chi connectivity index (χ3v) is 2.74. The van der Waals surface area contributed by atoms with Crippen LogP contribution in [-0.4, -0.2) is 20.6 Å². The molecule has 0 aliphatic heterocycles. The molecule has 0 saturated heterocycles. The number of hydrogen-bond donors (Lipinski definition) is 1. The molecule has 1 aromatic carbocycles. The van der Waals surface area contributed by atoms with Gasteiger partial charge in [0, 0.05) is 16.2 Å². The lowest BCUT2D eigenvalue weighted by Gasteiger charge is -2.08. The van der Waals surface area contributed by atoms with Crippen molar-refractivity contribution in [2.75, 3.05) is 7.11 Å². The van der Waals surface area contributed by atoms with E-state index < -0.39 is 43.5 Å². The van der Waals surface area contributed by atoms with Crippen LogP contribution in [0, 0.1) is 11.6 Å². The van der Waals surface area contributed by atoms with Crippen LogP contribution in [0.25, 0.3) is 0 Å². The van der Waals surface area contributed by atoms with Crippen molar-refractivity contribution < 1.29 is 27.0 Å². The summed E-state index contributed by atoms with van der Waals surface area (Å²) >= 11 is 0. The molecule has 0 aromatic heterocycles. The van der Waals surface area contributed by atoms with E-state index in [2.05, 4.69) is 4.74 Å². The number of rotatable bonds is 3.